The van der Waals surface area contributed by atoms with Crippen molar-refractivity contribution in [1.29, 1.82) is 0 Å². The van der Waals surface area contributed by atoms with Crippen molar-refractivity contribution >= 4 is 10.0 Å². The van der Waals surface area contributed by atoms with Crippen LogP contribution in [0.15, 0.2) is 47.4 Å². The molecule has 0 fully saturated rings. The van der Waals surface area contributed by atoms with Crippen LogP contribution in [0.3, 0.4) is 0 Å². The van der Waals surface area contributed by atoms with E-state index >= 15 is 0 Å². The van der Waals surface area contributed by atoms with Crippen molar-refractivity contribution in [2.75, 3.05) is 7.11 Å². The number of hydrogen-bond acceptors (Lipinski definition) is 3. The van der Waals surface area contributed by atoms with Gasteiger partial charge in [0.1, 0.15) is 5.75 Å². The largest absolute Gasteiger partial charge is 0.497 e. The molecular formula is C16H13F6NO3S. The van der Waals surface area contributed by atoms with Gasteiger partial charge in [-0.2, -0.15) is 26.3 Å². The van der Waals surface area contributed by atoms with Crippen molar-refractivity contribution in [1.82, 2.24) is 4.72 Å². The van der Waals surface area contributed by atoms with Gasteiger partial charge < -0.3 is 4.74 Å². The molecule has 11 heteroatoms. The van der Waals surface area contributed by atoms with Crippen LogP contribution in [-0.2, 0) is 28.9 Å². The Balaban J connectivity index is 2.35. The third-order valence-corrected chi connectivity index (χ3v) is 4.88. The van der Waals surface area contributed by atoms with Crippen molar-refractivity contribution in [2.45, 2.75) is 23.8 Å². The fourth-order valence-corrected chi connectivity index (χ4v) is 3.17. The van der Waals surface area contributed by atoms with E-state index in [-0.39, 0.29) is 24.7 Å². The minimum atomic E-state index is -5.14. The van der Waals surface area contributed by atoms with Crippen molar-refractivity contribution in [3.63, 3.8) is 0 Å². The first-order valence-corrected chi connectivity index (χ1v) is 8.73. The molecule has 27 heavy (non-hydrogen) atoms. The van der Waals surface area contributed by atoms with Gasteiger partial charge >= 0.3 is 12.4 Å². The zero-order valence-corrected chi connectivity index (χ0v) is 14.5. The van der Waals surface area contributed by atoms with Crippen LogP contribution in [0.4, 0.5) is 26.3 Å². The molecule has 0 radical (unpaired) electrons. The molecular weight excluding hydrogens is 400 g/mol. The normalized spacial score (nSPS) is 12.9. The number of benzene rings is 2. The number of ether oxygens (including phenoxy) is 1. The summed E-state index contributed by atoms with van der Waals surface area (Å²) in [5.74, 6) is 0.495. The summed E-state index contributed by atoms with van der Waals surface area (Å²) in [7, 11) is -3.20. The van der Waals surface area contributed by atoms with E-state index in [1.165, 1.54) is 31.4 Å². The van der Waals surface area contributed by atoms with E-state index in [9.17, 15) is 34.8 Å². The average molecular weight is 413 g/mol. The molecule has 0 bridgehead atoms. The summed E-state index contributed by atoms with van der Waals surface area (Å²) in [5, 5.41) is 0. The zero-order valence-electron chi connectivity index (χ0n) is 13.6. The lowest BCUT2D eigenvalue weighted by Gasteiger charge is -2.15. The molecule has 2 aromatic carbocycles. The fourth-order valence-electron chi connectivity index (χ4n) is 2.09. The molecule has 1 N–H and O–H groups in total. The van der Waals surface area contributed by atoms with Crippen LogP contribution in [-0.4, -0.2) is 15.5 Å². The lowest BCUT2D eigenvalue weighted by atomic mass is 10.1. The van der Waals surface area contributed by atoms with E-state index in [1.54, 1.807) is 0 Å². The van der Waals surface area contributed by atoms with E-state index in [1.807, 2.05) is 4.72 Å². The van der Waals surface area contributed by atoms with Crippen LogP contribution in [0.25, 0.3) is 0 Å². The summed E-state index contributed by atoms with van der Waals surface area (Å²) in [6, 6.07) is 6.22. The van der Waals surface area contributed by atoms with Crippen LogP contribution in [0, 0.1) is 0 Å². The maximum Gasteiger partial charge on any atom is 0.416 e. The topological polar surface area (TPSA) is 55.4 Å². The van der Waals surface area contributed by atoms with Gasteiger partial charge in [-0.05, 0) is 35.9 Å². The number of alkyl halides is 6. The Morgan fingerprint density at radius 2 is 1.37 bits per heavy atom. The first-order valence-electron chi connectivity index (χ1n) is 7.25. The van der Waals surface area contributed by atoms with Gasteiger partial charge in [0, 0.05) is 6.54 Å². The van der Waals surface area contributed by atoms with E-state index in [2.05, 4.69) is 0 Å². The highest BCUT2D eigenvalue weighted by Gasteiger charge is 2.38. The number of hydrogen-bond donors (Lipinski definition) is 1. The highest BCUT2D eigenvalue weighted by Crippen LogP contribution is 2.37. The van der Waals surface area contributed by atoms with Crippen molar-refractivity contribution in [2.24, 2.45) is 0 Å². The van der Waals surface area contributed by atoms with Gasteiger partial charge in [-0.25, -0.2) is 13.1 Å². The summed E-state index contributed by atoms with van der Waals surface area (Å²) in [6.45, 7) is -0.329. The molecule has 0 heterocycles. The van der Waals surface area contributed by atoms with Gasteiger partial charge in [0.25, 0.3) is 0 Å². The summed E-state index contributed by atoms with van der Waals surface area (Å²) in [5.41, 5.74) is -2.98. The summed E-state index contributed by atoms with van der Waals surface area (Å²) in [6.07, 6.45) is -10.3. The summed E-state index contributed by atoms with van der Waals surface area (Å²) >= 11 is 0. The van der Waals surface area contributed by atoms with Crippen LogP contribution in [0.5, 0.6) is 5.75 Å². The van der Waals surface area contributed by atoms with Gasteiger partial charge in [-0.1, -0.05) is 12.1 Å². The highest BCUT2D eigenvalue weighted by molar-refractivity contribution is 7.89. The first-order chi connectivity index (χ1) is 12.3. The Bertz CT molecular complexity index is 873. The molecule has 0 aliphatic carbocycles. The minimum Gasteiger partial charge on any atom is -0.497 e. The molecule has 0 atom stereocenters. The lowest BCUT2D eigenvalue weighted by Crippen LogP contribution is -2.24. The summed E-state index contributed by atoms with van der Waals surface area (Å²) in [4.78, 5) is -1.13. The molecule has 0 spiro atoms. The number of halogens is 6. The van der Waals surface area contributed by atoms with Gasteiger partial charge in [0.2, 0.25) is 10.0 Å². The number of rotatable bonds is 5. The zero-order chi connectivity index (χ0) is 20.5. The highest BCUT2D eigenvalue weighted by atomic mass is 32.2. The van der Waals surface area contributed by atoms with E-state index in [4.69, 9.17) is 4.74 Å². The average Bonchev–Trinajstić information content (AvgIpc) is 2.58. The van der Waals surface area contributed by atoms with Crippen LogP contribution >= 0.6 is 0 Å². The Morgan fingerprint density at radius 1 is 0.889 bits per heavy atom. The van der Waals surface area contributed by atoms with Gasteiger partial charge in [-0.3, -0.25) is 0 Å². The predicted octanol–water partition coefficient (Wildman–Crippen LogP) is 4.21. The lowest BCUT2D eigenvalue weighted by molar-refractivity contribution is -0.143. The smallest absolute Gasteiger partial charge is 0.416 e. The number of sulfonamides is 1. The molecule has 0 amide bonds. The van der Waals surface area contributed by atoms with E-state index < -0.39 is 38.4 Å². The maximum absolute atomic E-state index is 12.9. The molecule has 0 aromatic heterocycles. The second-order valence-electron chi connectivity index (χ2n) is 5.41. The van der Waals surface area contributed by atoms with Crippen molar-refractivity contribution in [3.8, 4) is 5.75 Å². The number of nitrogens with one attached hydrogen (secondary N) is 1. The molecule has 0 aliphatic heterocycles. The molecule has 4 nitrogen and oxygen atoms in total. The predicted molar refractivity (Wildman–Crippen MR) is 83.5 cm³/mol. The van der Waals surface area contributed by atoms with Crippen LogP contribution in [0.2, 0.25) is 0 Å². The third-order valence-electron chi connectivity index (χ3n) is 3.50. The molecule has 0 saturated carbocycles. The quantitative estimate of drug-likeness (QED) is 0.748. The van der Waals surface area contributed by atoms with Gasteiger partial charge in [0.05, 0.1) is 23.1 Å². The minimum absolute atomic E-state index is 0.136. The van der Waals surface area contributed by atoms with Crippen molar-refractivity contribution < 1.29 is 39.5 Å². The van der Waals surface area contributed by atoms with Gasteiger partial charge in [-0.15, -0.1) is 0 Å². The molecule has 0 saturated heterocycles. The second kappa shape index (κ2) is 7.39. The Hall–Kier alpha value is -2.27. The monoisotopic (exact) mass is 413 g/mol. The molecule has 2 aromatic rings. The van der Waals surface area contributed by atoms with Crippen molar-refractivity contribution in [3.05, 3.63) is 59.2 Å². The Kier molecular flexibility index (Phi) is 5.76. The van der Waals surface area contributed by atoms with Gasteiger partial charge in [0.15, 0.2) is 0 Å². The van der Waals surface area contributed by atoms with E-state index in [0.717, 1.165) is 0 Å². The van der Waals surface area contributed by atoms with E-state index in [0.29, 0.717) is 11.3 Å². The SMILES string of the molecule is COc1ccc(CNS(=O)(=O)c2cc(C(F)(F)F)cc(C(F)(F)F)c2)cc1. The maximum atomic E-state index is 12.9. The van der Waals surface area contributed by atoms with Crippen LogP contribution < -0.4 is 9.46 Å². The second-order valence-corrected chi connectivity index (χ2v) is 7.18. The molecule has 0 aliphatic rings. The Morgan fingerprint density at radius 3 is 1.78 bits per heavy atom. The third kappa shape index (κ3) is 5.36. The van der Waals surface area contributed by atoms with Crippen LogP contribution in [0.1, 0.15) is 16.7 Å². The standard InChI is InChI=1S/C16H13F6NO3S/c1-26-13-4-2-10(3-5-13)9-23-27(24,25)14-7-11(15(17,18)19)6-12(8-14)16(20,21)22/h2-8,23H,9H2,1H3. The first kappa shape index (κ1) is 21.0. The number of methoxy groups -OCH3 is 1. The summed E-state index contributed by atoms with van der Waals surface area (Å²) < 4.78 is 108. The molecule has 2 rings (SSSR count). The fraction of sp³-hybridized carbons (Fsp3) is 0.250. The Labute approximate surface area is 150 Å². The molecule has 148 valence electrons. The molecule has 0 unspecified atom stereocenters.